The summed E-state index contributed by atoms with van der Waals surface area (Å²) < 4.78 is 7.92. The van der Waals surface area contributed by atoms with Gasteiger partial charge in [0.2, 0.25) is 5.91 Å². The number of nitrogens with zero attached hydrogens (tertiary/aromatic N) is 3. The number of carbonyl (C=O) groups excluding carboxylic acids is 1. The van der Waals surface area contributed by atoms with Crippen molar-refractivity contribution in [3.05, 3.63) is 64.1 Å². The largest absolute Gasteiger partial charge is 0.419 e. The molecular formula is C20H19N3O3S. The fraction of sp³-hybridized carbons (Fsp3) is 0.250. The number of oxazole rings is 1. The Bertz CT molecular complexity index is 1120. The minimum atomic E-state index is -0.383. The quantitative estimate of drug-likeness (QED) is 0.511. The highest BCUT2D eigenvalue weighted by Crippen LogP contribution is 2.22. The molecule has 0 aliphatic carbocycles. The van der Waals surface area contributed by atoms with Gasteiger partial charge < -0.3 is 9.32 Å². The number of para-hydroxylation sites is 3. The van der Waals surface area contributed by atoms with Crippen LogP contribution in [0.4, 0.5) is 0 Å². The maximum Gasteiger partial charge on any atom is 0.419 e. The normalized spacial score (nSPS) is 11.3. The molecule has 4 rings (SSSR count). The Hall–Kier alpha value is -2.93. The van der Waals surface area contributed by atoms with E-state index in [1.54, 1.807) is 33.9 Å². The Balaban J connectivity index is 1.36. The highest BCUT2D eigenvalue weighted by atomic mass is 32.1. The number of hydrogen-bond acceptors (Lipinski definition) is 5. The number of aromatic nitrogens is 2. The van der Waals surface area contributed by atoms with Crippen LogP contribution in [0.25, 0.3) is 21.3 Å². The molecule has 0 aliphatic rings. The van der Waals surface area contributed by atoms with Crippen LogP contribution >= 0.6 is 11.3 Å². The summed E-state index contributed by atoms with van der Waals surface area (Å²) in [5, 5.41) is 0.920. The monoisotopic (exact) mass is 381 g/mol. The third kappa shape index (κ3) is 3.64. The summed E-state index contributed by atoms with van der Waals surface area (Å²) in [6.45, 7) is 0.948. The zero-order valence-electron chi connectivity index (χ0n) is 14.9. The summed E-state index contributed by atoms with van der Waals surface area (Å²) in [6.07, 6.45) is 0.944. The van der Waals surface area contributed by atoms with E-state index in [0.717, 1.165) is 20.7 Å². The van der Waals surface area contributed by atoms with Gasteiger partial charge in [-0.2, -0.15) is 0 Å². The van der Waals surface area contributed by atoms with Gasteiger partial charge >= 0.3 is 5.76 Å². The molecule has 0 unspecified atom stereocenters. The summed E-state index contributed by atoms with van der Waals surface area (Å²) in [7, 11) is 1.79. The Morgan fingerprint density at radius 3 is 2.81 bits per heavy atom. The number of hydrogen-bond donors (Lipinski definition) is 0. The zero-order valence-corrected chi connectivity index (χ0v) is 15.7. The molecule has 2 aromatic heterocycles. The van der Waals surface area contributed by atoms with E-state index in [9.17, 15) is 9.59 Å². The van der Waals surface area contributed by atoms with Crippen LogP contribution in [0, 0.1) is 0 Å². The molecule has 1 amide bonds. The van der Waals surface area contributed by atoms with Crippen molar-refractivity contribution in [2.75, 3.05) is 7.05 Å². The lowest BCUT2D eigenvalue weighted by molar-refractivity contribution is -0.130. The second-order valence-electron chi connectivity index (χ2n) is 6.42. The van der Waals surface area contributed by atoms with Gasteiger partial charge in [-0.05, 0) is 30.7 Å². The predicted molar refractivity (Wildman–Crippen MR) is 106 cm³/mol. The number of benzene rings is 2. The molecule has 0 spiro atoms. The highest BCUT2D eigenvalue weighted by Gasteiger charge is 2.13. The first kappa shape index (κ1) is 17.5. The summed E-state index contributed by atoms with van der Waals surface area (Å²) in [4.78, 5) is 30.7. The maximum absolute atomic E-state index is 12.4. The van der Waals surface area contributed by atoms with Gasteiger partial charge in [0, 0.05) is 20.0 Å². The van der Waals surface area contributed by atoms with E-state index in [1.165, 1.54) is 0 Å². The van der Waals surface area contributed by atoms with Crippen molar-refractivity contribution < 1.29 is 9.21 Å². The van der Waals surface area contributed by atoms with Crippen molar-refractivity contribution in [2.24, 2.45) is 0 Å². The van der Waals surface area contributed by atoms with Gasteiger partial charge in [-0.25, -0.2) is 9.78 Å². The molecule has 6 nitrogen and oxygen atoms in total. The molecule has 0 atom stereocenters. The number of rotatable bonds is 6. The van der Waals surface area contributed by atoms with Crippen molar-refractivity contribution in [2.45, 2.75) is 25.9 Å². The fourth-order valence-corrected chi connectivity index (χ4v) is 4.10. The van der Waals surface area contributed by atoms with Crippen molar-refractivity contribution in [1.82, 2.24) is 14.5 Å². The summed E-state index contributed by atoms with van der Waals surface area (Å²) in [6, 6.07) is 15.3. The first-order chi connectivity index (χ1) is 13.1. The summed E-state index contributed by atoms with van der Waals surface area (Å²) in [5.41, 5.74) is 2.30. The molecule has 0 fully saturated rings. The number of fused-ring (bicyclic) bond motifs is 2. The number of carbonyl (C=O) groups is 1. The molecule has 7 heteroatoms. The van der Waals surface area contributed by atoms with Crippen LogP contribution in [0.3, 0.4) is 0 Å². The number of aryl methyl sites for hydroxylation is 1. The van der Waals surface area contributed by atoms with Gasteiger partial charge in [0.15, 0.2) is 5.58 Å². The predicted octanol–water partition coefficient (Wildman–Crippen LogP) is 3.64. The second-order valence-corrected chi connectivity index (χ2v) is 7.53. The number of thiazole rings is 1. The van der Waals surface area contributed by atoms with E-state index >= 15 is 0 Å². The lowest BCUT2D eigenvalue weighted by atomic mass is 10.2. The molecule has 0 aliphatic heterocycles. The average molecular weight is 381 g/mol. The van der Waals surface area contributed by atoms with Gasteiger partial charge in [0.05, 0.1) is 22.3 Å². The smallest absolute Gasteiger partial charge is 0.408 e. The first-order valence-electron chi connectivity index (χ1n) is 8.78. The lowest BCUT2D eigenvalue weighted by Gasteiger charge is -2.15. The van der Waals surface area contributed by atoms with Gasteiger partial charge in [-0.3, -0.25) is 9.36 Å². The standard InChI is InChI=1S/C20H19N3O3S/c1-22(13-18-21-14-7-2-5-10-17(14)27-18)19(24)11-6-12-23-15-8-3-4-9-16(15)26-20(23)25/h2-5,7-10H,6,11-13H2,1H3. The SMILES string of the molecule is CN(Cc1nc2ccccc2s1)C(=O)CCCn1c(=O)oc2ccccc21. The number of amides is 1. The minimum absolute atomic E-state index is 0.0371. The van der Waals surface area contributed by atoms with Gasteiger partial charge in [-0.1, -0.05) is 24.3 Å². The molecule has 27 heavy (non-hydrogen) atoms. The molecule has 2 aromatic carbocycles. The molecule has 0 saturated carbocycles. The Kier molecular flexibility index (Phi) is 4.77. The van der Waals surface area contributed by atoms with Crippen LogP contribution in [-0.4, -0.2) is 27.4 Å². The Morgan fingerprint density at radius 2 is 1.96 bits per heavy atom. The van der Waals surface area contributed by atoms with Gasteiger partial charge in [-0.15, -0.1) is 11.3 Å². The molecule has 0 bridgehead atoms. The van der Waals surface area contributed by atoms with Crippen LogP contribution < -0.4 is 5.76 Å². The van der Waals surface area contributed by atoms with Crippen LogP contribution in [0.5, 0.6) is 0 Å². The Labute approximate surface area is 159 Å². The molecule has 0 radical (unpaired) electrons. The van der Waals surface area contributed by atoms with Crippen molar-refractivity contribution in [3.63, 3.8) is 0 Å². The highest BCUT2D eigenvalue weighted by molar-refractivity contribution is 7.18. The average Bonchev–Trinajstić information content (AvgIpc) is 3.21. The molecular weight excluding hydrogens is 362 g/mol. The molecule has 138 valence electrons. The topological polar surface area (TPSA) is 68.3 Å². The summed E-state index contributed by atoms with van der Waals surface area (Å²) >= 11 is 1.61. The van der Waals surface area contributed by atoms with Crippen LogP contribution in [0.2, 0.25) is 0 Å². The third-order valence-corrected chi connectivity index (χ3v) is 5.50. The van der Waals surface area contributed by atoms with E-state index in [4.69, 9.17) is 4.42 Å². The maximum atomic E-state index is 12.4. The fourth-order valence-electron chi connectivity index (χ4n) is 3.08. The van der Waals surface area contributed by atoms with Gasteiger partial charge in [0.25, 0.3) is 0 Å². The van der Waals surface area contributed by atoms with Gasteiger partial charge in [0.1, 0.15) is 5.01 Å². The van der Waals surface area contributed by atoms with Crippen molar-refractivity contribution in [1.29, 1.82) is 0 Å². The third-order valence-electron chi connectivity index (χ3n) is 4.48. The van der Waals surface area contributed by atoms with Crippen LogP contribution in [0.1, 0.15) is 17.8 Å². The lowest BCUT2D eigenvalue weighted by Crippen LogP contribution is -2.26. The minimum Gasteiger partial charge on any atom is -0.408 e. The Morgan fingerprint density at radius 1 is 1.19 bits per heavy atom. The summed E-state index contributed by atoms with van der Waals surface area (Å²) in [5.74, 6) is -0.346. The van der Waals surface area contributed by atoms with E-state index in [2.05, 4.69) is 4.98 Å². The second kappa shape index (κ2) is 7.36. The molecule has 4 aromatic rings. The first-order valence-corrected chi connectivity index (χ1v) is 9.60. The van der Waals surface area contributed by atoms with Crippen molar-refractivity contribution in [3.8, 4) is 0 Å². The molecule has 0 N–H and O–H groups in total. The van der Waals surface area contributed by atoms with E-state index in [-0.39, 0.29) is 11.7 Å². The molecule has 0 saturated heterocycles. The van der Waals surface area contributed by atoms with E-state index in [1.807, 2.05) is 42.5 Å². The van der Waals surface area contributed by atoms with Crippen molar-refractivity contribution >= 4 is 38.6 Å². The van der Waals surface area contributed by atoms with Crippen LogP contribution in [0.15, 0.2) is 57.7 Å². The molecule has 2 heterocycles. The van der Waals surface area contributed by atoms with E-state index < -0.39 is 0 Å². The zero-order chi connectivity index (χ0) is 18.8. The van der Waals surface area contributed by atoms with E-state index in [0.29, 0.717) is 31.5 Å². The van der Waals surface area contributed by atoms with Crippen LogP contribution in [-0.2, 0) is 17.9 Å².